The second kappa shape index (κ2) is 5.42. The second-order valence-corrected chi connectivity index (χ2v) is 5.73. The quantitative estimate of drug-likeness (QED) is 0.771. The molecule has 0 heterocycles. The van der Waals surface area contributed by atoms with Gasteiger partial charge in [0.05, 0.1) is 5.54 Å². The predicted octanol–water partition coefficient (Wildman–Crippen LogP) is 1.71. The number of nitrogens with two attached hydrogens (primary N) is 1. The lowest BCUT2D eigenvalue weighted by Gasteiger charge is -2.26. The molecule has 1 aromatic rings. The smallest absolute Gasteiger partial charge is 0.330 e. The summed E-state index contributed by atoms with van der Waals surface area (Å²) in [5.74, 6) is -1.52. The predicted molar refractivity (Wildman–Crippen MR) is 75.3 cm³/mol. The molecule has 1 aliphatic rings. The molecule has 0 radical (unpaired) electrons. The van der Waals surface area contributed by atoms with Crippen molar-refractivity contribution in [2.45, 2.75) is 31.3 Å². The van der Waals surface area contributed by atoms with E-state index in [2.05, 4.69) is 5.32 Å². The maximum atomic E-state index is 12.2. The van der Waals surface area contributed by atoms with E-state index in [-0.39, 0.29) is 5.92 Å². The Kier molecular flexibility index (Phi) is 4.01. The zero-order valence-electron chi connectivity index (χ0n) is 11.1. The summed E-state index contributed by atoms with van der Waals surface area (Å²) in [6, 6.07) is 5.33. The Hall–Kier alpha value is -1.59. The third-order valence-corrected chi connectivity index (χ3v) is 4.00. The van der Waals surface area contributed by atoms with Crippen LogP contribution >= 0.6 is 11.6 Å². The summed E-state index contributed by atoms with van der Waals surface area (Å²) in [5, 5.41) is 12.1. The van der Waals surface area contributed by atoms with Crippen LogP contribution in [0.15, 0.2) is 24.3 Å². The molecule has 0 aromatic heterocycles. The molecule has 1 amide bonds. The third kappa shape index (κ3) is 2.94. The van der Waals surface area contributed by atoms with Crippen molar-refractivity contribution in [3.63, 3.8) is 0 Å². The van der Waals surface area contributed by atoms with Crippen molar-refractivity contribution in [1.82, 2.24) is 5.32 Å². The van der Waals surface area contributed by atoms with E-state index in [1.165, 1.54) is 0 Å². The SMILES string of the molecule is CC(N)(C(=O)N[C@@H](C(=O)O)c1ccccc1Cl)C1CC1. The normalized spacial score (nSPS) is 18.9. The van der Waals surface area contributed by atoms with Crippen LogP contribution in [0.1, 0.15) is 31.4 Å². The summed E-state index contributed by atoms with van der Waals surface area (Å²) in [4.78, 5) is 23.6. The van der Waals surface area contributed by atoms with Crippen LogP contribution in [0.3, 0.4) is 0 Å². The van der Waals surface area contributed by atoms with Gasteiger partial charge < -0.3 is 16.2 Å². The van der Waals surface area contributed by atoms with Gasteiger partial charge in [0, 0.05) is 10.6 Å². The van der Waals surface area contributed by atoms with Gasteiger partial charge in [0.25, 0.3) is 0 Å². The van der Waals surface area contributed by atoms with Gasteiger partial charge in [-0.1, -0.05) is 29.8 Å². The number of aliphatic carboxylic acids is 1. The van der Waals surface area contributed by atoms with Crippen LogP contribution in [0.2, 0.25) is 5.02 Å². The molecule has 108 valence electrons. The Labute approximate surface area is 122 Å². The van der Waals surface area contributed by atoms with Crippen molar-refractivity contribution in [2.24, 2.45) is 11.7 Å². The van der Waals surface area contributed by atoms with E-state index in [0.717, 1.165) is 12.8 Å². The Balaban J connectivity index is 2.21. The molecule has 0 saturated heterocycles. The molecule has 1 unspecified atom stereocenters. The van der Waals surface area contributed by atoms with E-state index in [0.29, 0.717) is 10.6 Å². The first-order valence-corrected chi connectivity index (χ1v) is 6.79. The van der Waals surface area contributed by atoms with Gasteiger partial charge in [0.1, 0.15) is 0 Å². The van der Waals surface area contributed by atoms with Crippen molar-refractivity contribution in [3.8, 4) is 0 Å². The average Bonchev–Trinajstić information content (AvgIpc) is 3.20. The van der Waals surface area contributed by atoms with Crippen molar-refractivity contribution >= 4 is 23.5 Å². The molecule has 4 N–H and O–H groups in total. The van der Waals surface area contributed by atoms with E-state index >= 15 is 0 Å². The van der Waals surface area contributed by atoms with Crippen LogP contribution in [-0.4, -0.2) is 22.5 Å². The minimum absolute atomic E-state index is 0.114. The largest absolute Gasteiger partial charge is 0.479 e. The van der Waals surface area contributed by atoms with Gasteiger partial charge in [-0.15, -0.1) is 0 Å². The van der Waals surface area contributed by atoms with Crippen LogP contribution in [0.4, 0.5) is 0 Å². The fourth-order valence-corrected chi connectivity index (χ4v) is 2.38. The Morgan fingerprint density at radius 1 is 1.45 bits per heavy atom. The summed E-state index contributed by atoms with van der Waals surface area (Å²) < 4.78 is 0. The lowest BCUT2D eigenvalue weighted by molar-refractivity contribution is -0.143. The van der Waals surface area contributed by atoms with Gasteiger partial charge in [-0.3, -0.25) is 4.79 Å². The monoisotopic (exact) mass is 296 g/mol. The average molecular weight is 297 g/mol. The molecule has 0 aliphatic heterocycles. The van der Waals surface area contributed by atoms with Crippen LogP contribution < -0.4 is 11.1 Å². The second-order valence-electron chi connectivity index (χ2n) is 5.32. The number of carboxylic acid groups (broad SMARTS) is 1. The number of carbonyl (C=O) groups is 2. The zero-order valence-corrected chi connectivity index (χ0v) is 11.9. The van der Waals surface area contributed by atoms with Gasteiger partial charge in [-0.05, 0) is 31.7 Å². The van der Waals surface area contributed by atoms with Gasteiger partial charge in [-0.2, -0.15) is 0 Å². The number of hydrogen-bond acceptors (Lipinski definition) is 3. The first-order valence-electron chi connectivity index (χ1n) is 6.41. The standard InChI is InChI=1S/C14H17ClN2O3/c1-14(16,8-6-7-8)13(20)17-11(12(18)19)9-4-2-3-5-10(9)15/h2-5,8,11H,6-7,16H2,1H3,(H,17,20)(H,18,19)/t11-,14?/m1/s1. The third-order valence-electron chi connectivity index (χ3n) is 3.65. The summed E-state index contributed by atoms with van der Waals surface area (Å²) in [7, 11) is 0. The van der Waals surface area contributed by atoms with Crippen molar-refractivity contribution in [2.75, 3.05) is 0 Å². The molecule has 1 saturated carbocycles. The summed E-state index contributed by atoms with van der Waals surface area (Å²) in [6.07, 6.45) is 1.79. The van der Waals surface area contributed by atoms with Crippen LogP contribution in [0.25, 0.3) is 0 Å². The number of benzene rings is 1. The molecule has 6 heteroatoms. The molecule has 0 spiro atoms. The van der Waals surface area contributed by atoms with Gasteiger partial charge in [-0.25, -0.2) is 4.79 Å². The van der Waals surface area contributed by atoms with Gasteiger partial charge in [0.15, 0.2) is 6.04 Å². The number of hydrogen-bond donors (Lipinski definition) is 3. The number of amides is 1. The highest BCUT2D eigenvalue weighted by molar-refractivity contribution is 6.31. The van der Waals surface area contributed by atoms with E-state index in [1.54, 1.807) is 31.2 Å². The highest BCUT2D eigenvalue weighted by atomic mass is 35.5. The first-order chi connectivity index (χ1) is 9.34. The molecule has 0 bridgehead atoms. The fraction of sp³-hybridized carbons (Fsp3) is 0.429. The highest BCUT2D eigenvalue weighted by Crippen LogP contribution is 2.38. The summed E-state index contributed by atoms with van der Waals surface area (Å²) in [6.45, 7) is 1.63. The van der Waals surface area contributed by atoms with Crippen molar-refractivity contribution < 1.29 is 14.7 Å². The molecular weight excluding hydrogens is 280 g/mol. The molecule has 1 fully saturated rings. The van der Waals surface area contributed by atoms with E-state index < -0.39 is 23.5 Å². The van der Waals surface area contributed by atoms with Crippen LogP contribution in [-0.2, 0) is 9.59 Å². The van der Waals surface area contributed by atoms with Gasteiger partial charge >= 0.3 is 5.97 Å². The number of carboxylic acids is 1. The minimum Gasteiger partial charge on any atom is -0.479 e. The van der Waals surface area contributed by atoms with Gasteiger partial charge in [0.2, 0.25) is 5.91 Å². The van der Waals surface area contributed by atoms with E-state index in [1.807, 2.05) is 0 Å². The number of carbonyl (C=O) groups excluding carboxylic acids is 1. The molecule has 2 atom stereocenters. The Morgan fingerprint density at radius 2 is 2.05 bits per heavy atom. The zero-order chi connectivity index (χ0) is 14.9. The lowest BCUT2D eigenvalue weighted by atomic mass is 9.95. The lowest BCUT2D eigenvalue weighted by Crippen LogP contribution is -2.54. The molecule has 20 heavy (non-hydrogen) atoms. The Bertz CT molecular complexity index is 541. The number of rotatable bonds is 5. The fourth-order valence-electron chi connectivity index (χ4n) is 2.14. The Morgan fingerprint density at radius 3 is 2.55 bits per heavy atom. The summed E-state index contributed by atoms with van der Waals surface area (Å²) in [5.41, 5.74) is 5.29. The topological polar surface area (TPSA) is 92.4 Å². The maximum absolute atomic E-state index is 12.2. The number of halogens is 1. The molecule has 2 rings (SSSR count). The highest BCUT2D eigenvalue weighted by Gasteiger charge is 2.45. The molecule has 5 nitrogen and oxygen atoms in total. The van der Waals surface area contributed by atoms with E-state index in [9.17, 15) is 14.7 Å². The molecular formula is C14H17ClN2O3. The maximum Gasteiger partial charge on any atom is 0.330 e. The first kappa shape index (κ1) is 14.8. The van der Waals surface area contributed by atoms with E-state index in [4.69, 9.17) is 17.3 Å². The minimum atomic E-state index is -1.20. The molecule has 1 aliphatic carbocycles. The number of nitrogens with one attached hydrogen (secondary N) is 1. The van der Waals surface area contributed by atoms with Crippen LogP contribution in [0.5, 0.6) is 0 Å². The summed E-state index contributed by atoms with van der Waals surface area (Å²) >= 11 is 5.99. The molecule has 1 aromatic carbocycles. The van der Waals surface area contributed by atoms with Crippen molar-refractivity contribution in [1.29, 1.82) is 0 Å². The van der Waals surface area contributed by atoms with Crippen LogP contribution in [0, 0.1) is 5.92 Å². The van der Waals surface area contributed by atoms with Crippen molar-refractivity contribution in [3.05, 3.63) is 34.9 Å².